The number of Topliss-reactive ketones (excluding diaryl/α,β-unsaturated/α-hetero) is 1. The van der Waals surface area contributed by atoms with Gasteiger partial charge < -0.3 is 4.74 Å². The van der Waals surface area contributed by atoms with Crippen LogP contribution in [-0.4, -0.2) is 24.1 Å². The van der Waals surface area contributed by atoms with Gasteiger partial charge in [-0.2, -0.15) is 0 Å². The molecule has 146 valence electrons. The zero-order valence-electron chi connectivity index (χ0n) is 16.6. The standard InChI is InChI=1S/C25H23NO3/c1-4-15-25-21(17-11-7-6-8-12-17)20(24(28)29-5-2)16(3)26-22(25)18-13-9-10-14-19(18)23(25)27/h4,6-14,21H,1,5,15H2,2-3H3. The number of carbonyl (C=O) groups excluding carboxylic acids is 2. The Hall–Kier alpha value is -3.27. The molecular formula is C25H23NO3. The van der Waals surface area contributed by atoms with Crippen LogP contribution in [0.2, 0.25) is 0 Å². The van der Waals surface area contributed by atoms with Gasteiger partial charge in [-0.3, -0.25) is 9.79 Å². The number of esters is 1. The third-order valence-corrected chi connectivity index (χ3v) is 5.80. The van der Waals surface area contributed by atoms with E-state index in [9.17, 15) is 9.59 Å². The van der Waals surface area contributed by atoms with E-state index in [4.69, 9.17) is 9.73 Å². The number of ketones is 1. The molecule has 4 rings (SSSR count). The zero-order chi connectivity index (χ0) is 20.6. The summed E-state index contributed by atoms with van der Waals surface area (Å²) in [5.41, 5.74) is 3.13. The molecule has 0 amide bonds. The number of ether oxygens (including phenoxy) is 1. The first-order valence-corrected chi connectivity index (χ1v) is 9.83. The quantitative estimate of drug-likeness (QED) is 0.545. The van der Waals surface area contributed by atoms with Gasteiger partial charge in [0.2, 0.25) is 0 Å². The van der Waals surface area contributed by atoms with E-state index in [1.807, 2.05) is 61.5 Å². The summed E-state index contributed by atoms with van der Waals surface area (Å²) in [6.07, 6.45) is 2.13. The lowest BCUT2D eigenvalue weighted by Crippen LogP contribution is -2.44. The second-order valence-electron chi connectivity index (χ2n) is 7.36. The highest BCUT2D eigenvalue weighted by molar-refractivity contribution is 6.33. The van der Waals surface area contributed by atoms with Crippen LogP contribution in [0.1, 0.15) is 47.7 Å². The summed E-state index contributed by atoms with van der Waals surface area (Å²) in [7, 11) is 0. The lowest BCUT2D eigenvalue weighted by Gasteiger charge is -2.40. The Morgan fingerprint density at radius 1 is 1.14 bits per heavy atom. The molecule has 0 radical (unpaired) electrons. The van der Waals surface area contributed by atoms with E-state index in [-0.39, 0.29) is 12.4 Å². The minimum atomic E-state index is -1.01. The van der Waals surface area contributed by atoms with Gasteiger partial charge in [0.25, 0.3) is 0 Å². The van der Waals surface area contributed by atoms with Gasteiger partial charge in [0.1, 0.15) is 0 Å². The fourth-order valence-electron chi connectivity index (χ4n) is 4.69. The van der Waals surface area contributed by atoms with Crippen LogP contribution >= 0.6 is 0 Å². The third-order valence-electron chi connectivity index (χ3n) is 5.80. The average molecular weight is 385 g/mol. The summed E-state index contributed by atoms with van der Waals surface area (Å²) in [5.74, 6) is -0.933. The van der Waals surface area contributed by atoms with Crippen molar-refractivity contribution in [1.29, 1.82) is 0 Å². The minimum Gasteiger partial charge on any atom is -0.463 e. The van der Waals surface area contributed by atoms with E-state index < -0.39 is 17.3 Å². The molecule has 2 aromatic rings. The maximum absolute atomic E-state index is 13.9. The molecule has 1 aliphatic carbocycles. The van der Waals surface area contributed by atoms with Gasteiger partial charge >= 0.3 is 5.97 Å². The average Bonchev–Trinajstić information content (AvgIpc) is 2.97. The monoisotopic (exact) mass is 385 g/mol. The summed E-state index contributed by atoms with van der Waals surface area (Å²) in [4.78, 5) is 31.7. The molecule has 0 spiro atoms. The number of nitrogens with zero attached hydrogens (tertiary/aromatic N) is 1. The molecule has 0 fully saturated rings. The summed E-state index contributed by atoms with van der Waals surface area (Å²) in [6, 6.07) is 17.2. The van der Waals surface area contributed by atoms with Gasteiger partial charge in [0.15, 0.2) is 5.78 Å². The number of hydrogen-bond acceptors (Lipinski definition) is 4. The van der Waals surface area contributed by atoms with Gasteiger partial charge in [-0.15, -0.1) is 6.58 Å². The van der Waals surface area contributed by atoms with Crippen LogP contribution in [0, 0.1) is 5.41 Å². The van der Waals surface area contributed by atoms with Gasteiger partial charge in [-0.05, 0) is 25.8 Å². The summed E-state index contributed by atoms with van der Waals surface area (Å²) < 4.78 is 5.38. The van der Waals surface area contributed by atoms with Crippen molar-refractivity contribution < 1.29 is 14.3 Å². The van der Waals surface area contributed by atoms with E-state index in [0.717, 1.165) is 16.8 Å². The van der Waals surface area contributed by atoms with E-state index in [2.05, 4.69) is 6.58 Å². The van der Waals surface area contributed by atoms with Gasteiger partial charge in [-0.25, -0.2) is 4.79 Å². The molecule has 0 saturated heterocycles. The van der Waals surface area contributed by atoms with Gasteiger partial charge in [-0.1, -0.05) is 60.7 Å². The van der Waals surface area contributed by atoms with Crippen molar-refractivity contribution in [2.75, 3.05) is 6.61 Å². The van der Waals surface area contributed by atoms with Crippen molar-refractivity contribution in [3.05, 3.63) is 95.2 Å². The Morgan fingerprint density at radius 3 is 2.45 bits per heavy atom. The van der Waals surface area contributed by atoms with E-state index in [1.165, 1.54) is 0 Å². The summed E-state index contributed by atoms with van der Waals surface area (Å²) >= 11 is 0. The molecule has 1 aliphatic heterocycles. The van der Waals surface area contributed by atoms with Crippen LogP contribution in [0.5, 0.6) is 0 Å². The lowest BCUT2D eigenvalue weighted by molar-refractivity contribution is -0.139. The Kier molecular flexibility index (Phi) is 4.79. The largest absolute Gasteiger partial charge is 0.463 e. The van der Waals surface area contributed by atoms with Crippen LogP contribution in [-0.2, 0) is 9.53 Å². The smallest absolute Gasteiger partial charge is 0.336 e. The topological polar surface area (TPSA) is 55.7 Å². The summed E-state index contributed by atoms with van der Waals surface area (Å²) in [6.45, 7) is 7.78. The molecule has 29 heavy (non-hydrogen) atoms. The second kappa shape index (κ2) is 7.28. The van der Waals surface area contributed by atoms with Crippen LogP contribution in [0.25, 0.3) is 0 Å². The molecular weight excluding hydrogens is 362 g/mol. The molecule has 4 heteroatoms. The molecule has 1 heterocycles. The first-order valence-electron chi connectivity index (χ1n) is 9.83. The van der Waals surface area contributed by atoms with Crippen molar-refractivity contribution in [3.63, 3.8) is 0 Å². The highest BCUT2D eigenvalue weighted by Gasteiger charge is 2.59. The Labute approximate surface area is 170 Å². The molecule has 2 aliphatic rings. The van der Waals surface area contributed by atoms with E-state index >= 15 is 0 Å². The van der Waals surface area contributed by atoms with E-state index in [1.54, 1.807) is 13.0 Å². The van der Waals surface area contributed by atoms with Crippen molar-refractivity contribution in [1.82, 2.24) is 0 Å². The van der Waals surface area contributed by atoms with Crippen LogP contribution < -0.4 is 0 Å². The van der Waals surface area contributed by atoms with Crippen molar-refractivity contribution in [2.45, 2.75) is 26.2 Å². The number of aliphatic imine (C=N–C) groups is 1. The maximum atomic E-state index is 13.9. The Morgan fingerprint density at radius 2 is 1.79 bits per heavy atom. The predicted molar refractivity (Wildman–Crippen MR) is 113 cm³/mol. The molecule has 0 saturated carbocycles. The fraction of sp³-hybridized carbons (Fsp3) is 0.240. The Balaban J connectivity index is 2.06. The molecule has 0 aromatic heterocycles. The molecule has 4 nitrogen and oxygen atoms in total. The van der Waals surface area contributed by atoms with E-state index in [0.29, 0.717) is 23.3 Å². The molecule has 2 aromatic carbocycles. The normalized spacial score (nSPS) is 22.6. The minimum absolute atomic E-state index is 0.0186. The third kappa shape index (κ3) is 2.70. The second-order valence-corrected chi connectivity index (χ2v) is 7.36. The first-order chi connectivity index (χ1) is 14.1. The summed E-state index contributed by atoms with van der Waals surface area (Å²) in [5, 5.41) is 0. The van der Waals surface area contributed by atoms with Crippen LogP contribution in [0.15, 0.2) is 83.5 Å². The van der Waals surface area contributed by atoms with Crippen LogP contribution in [0.4, 0.5) is 0 Å². The van der Waals surface area contributed by atoms with Crippen molar-refractivity contribution in [3.8, 4) is 0 Å². The SMILES string of the molecule is C=CCC12C(=O)c3ccccc3C1=NC(C)=C(C(=O)OCC)C2c1ccccc1. The van der Waals surface area contributed by atoms with Gasteiger partial charge in [0, 0.05) is 22.7 Å². The predicted octanol–water partition coefficient (Wildman–Crippen LogP) is 4.87. The zero-order valence-corrected chi connectivity index (χ0v) is 16.6. The molecule has 0 bridgehead atoms. The Bertz CT molecular complexity index is 1060. The fourth-order valence-corrected chi connectivity index (χ4v) is 4.69. The lowest BCUT2D eigenvalue weighted by atomic mass is 9.61. The first kappa shape index (κ1) is 19.1. The van der Waals surface area contributed by atoms with Crippen molar-refractivity contribution in [2.24, 2.45) is 10.4 Å². The molecule has 0 N–H and O–H groups in total. The molecule has 2 unspecified atom stereocenters. The number of fused-ring (bicyclic) bond motifs is 3. The highest BCUT2D eigenvalue weighted by Crippen LogP contribution is 2.56. The number of allylic oxidation sites excluding steroid dienone is 2. The highest BCUT2D eigenvalue weighted by atomic mass is 16.5. The number of rotatable bonds is 5. The van der Waals surface area contributed by atoms with Crippen LogP contribution in [0.3, 0.4) is 0 Å². The van der Waals surface area contributed by atoms with Crippen molar-refractivity contribution >= 4 is 17.5 Å². The number of hydrogen-bond donors (Lipinski definition) is 0. The van der Waals surface area contributed by atoms with Gasteiger partial charge in [0.05, 0.1) is 23.3 Å². The molecule has 2 atom stereocenters. The maximum Gasteiger partial charge on any atom is 0.336 e. The number of carbonyl (C=O) groups is 2. The number of benzene rings is 2.